The quantitative estimate of drug-likeness (QED) is 0.817. The SMILES string of the molecule is C=CC(=O)N(Cc1ccnn1C(C)(C)C)CC(C)(O)c1ccsc1. The van der Waals surface area contributed by atoms with Crippen molar-refractivity contribution < 1.29 is 9.90 Å². The van der Waals surface area contributed by atoms with Crippen LogP contribution >= 0.6 is 11.3 Å². The summed E-state index contributed by atoms with van der Waals surface area (Å²) in [5.41, 5.74) is 0.417. The molecule has 0 radical (unpaired) electrons. The van der Waals surface area contributed by atoms with Crippen molar-refractivity contribution in [2.75, 3.05) is 6.54 Å². The predicted octanol–water partition coefficient (Wildman–Crippen LogP) is 3.12. The molecule has 1 atom stereocenters. The van der Waals surface area contributed by atoms with Crippen LogP contribution in [-0.4, -0.2) is 32.2 Å². The Labute approximate surface area is 147 Å². The number of amides is 1. The molecule has 130 valence electrons. The maximum atomic E-state index is 12.3. The molecule has 2 aromatic rings. The normalized spacial score (nSPS) is 14.2. The first kappa shape index (κ1) is 18.4. The number of carbonyl (C=O) groups excluding carboxylic acids is 1. The molecule has 2 heterocycles. The van der Waals surface area contributed by atoms with Gasteiger partial charge in [0.05, 0.1) is 24.3 Å². The van der Waals surface area contributed by atoms with Crippen molar-refractivity contribution in [3.8, 4) is 0 Å². The third kappa shape index (κ3) is 4.13. The predicted molar refractivity (Wildman–Crippen MR) is 96.7 cm³/mol. The molecule has 5 nitrogen and oxygen atoms in total. The van der Waals surface area contributed by atoms with E-state index in [0.29, 0.717) is 6.54 Å². The summed E-state index contributed by atoms with van der Waals surface area (Å²) in [6.07, 6.45) is 3.01. The van der Waals surface area contributed by atoms with Crippen LogP contribution in [0.4, 0.5) is 0 Å². The maximum Gasteiger partial charge on any atom is 0.246 e. The Kier molecular flexibility index (Phi) is 5.30. The van der Waals surface area contributed by atoms with Crippen molar-refractivity contribution in [2.45, 2.75) is 45.4 Å². The van der Waals surface area contributed by atoms with Crippen LogP contribution in [0.1, 0.15) is 39.0 Å². The molecule has 0 aliphatic carbocycles. The number of rotatable bonds is 6. The molecule has 0 aliphatic heterocycles. The number of hydrogen-bond acceptors (Lipinski definition) is 4. The molecule has 0 saturated heterocycles. The van der Waals surface area contributed by atoms with Crippen molar-refractivity contribution in [2.24, 2.45) is 0 Å². The molecule has 0 aromatic carbocycles. The zero-order valence-electron chi connectivity index (χ0n) is 14.7. The summed E-state index contributed by atoms with van der Waals surface area (Å²) in [6, 6.07) is 3.77. The van der Waals surface area contributed by atoms with E-state index >= 15 is 0 Å². The van der Waals surface area contributed by atoms with Gasteiger partial charge in [0.1, 0.15) is 5.60 Å². The Morgan fingerprint density at radius 3 is 2.67 bits per heavy atom. The first-order chi connectivity index (χ1) is 11.1. The first-order valence-electron chi connectivity index (χ1n) is 7.85. The number of carbonyl (C=O) groups is 1. The molecular weight excluding hydrogens is 322 g/mol. The molecule has 6 heteroatoms. The van der Waals surface area contributed by atoms with Crippen LogP contribution in [0.3, 0.4) is 0 Å². The molecule has 0 fully saturated rings. The lowest BCUT2D eigenvalue weighted by Crippen LogP contribution is -2.42. The van der Waals surface area contributed by atoms with Gasteiger partial charge in [-0.15, -0.1) is 0 Å². The second kappa shape index (κ2) is 6.91. The molecule has 0 aliphatic rings. The fraction of sp³-hybridized carbons (Fsp3) is 0.444. The van der Waals surface area contributed by atoms with Crippen molar-refractivity contribution in [1.82, 2.24) is 14.7 Å². The summed E-state index contributed by atoms with van der Waals surface area (Å²) >= 11 is 1.52. The van der Waals surface area contributed by atoms with Gasteiger partial charge in [-0.1, -0.05) is 6.58 Å². The highest BCUT2D eigenvalue weighted by molar-refractivity contribution is 7.08. The van der Waals surface area contributed by atoms with Crippen LogP contribution in [0.5, 0.6) is 0 Å². The van der Waals surface area contributed by atoms with Crippen LogP contribution in [0.2, 0.25) is 0 Å². The van der Waals surface area contributed by atoms with E-state index < -0.39 is 5.60 Å². The van der Waals surface area contributed by atoms with Gasteiger partial charge in [-0.2, -0.15) is 16.4 Å². The topological polar surface area (TPSA) is 58.4 Å². The minimum Gasteiger partial charge on any atom is -0.384 e. The van der Waals surface area contributed by atoms with Crippen LogP contribution in [0, 0.1) is 0 Å². The molecule has 0 saturated carbocycles. The largest absolute Gasteiger partial charge is 0.384 e. The van der Waals surface area contributed by atoms with E-state index in [2.05, 4.69) is 32.4 Å². The lowest BCUT2D eigenvalue weighted by atomic mass is 9.98. The summed E-state index contributed by atoms with van der Waals surface area (Å²) in [4.78, 5) is 13.9. The van der Waals surface area contributed by atoms with E-state index in [-0.39, 0.29) is 18.0 Å². The second-order valence-corrected chi connectivity index (χ2v) is 7.87. The summed E-state index contributed by atoms with van der Waals surface area (Å²) in [7, 11) is 0. The monoisotopic (exact) mass is 347 g/mol. The van der Waals surface area contributed by atoms with Crippen LogP contribution in [0.15, 0.2) is 41.7 Å². The molecular formula is C18H25N3O2S. The average Bonchev–Trinajstić information content (AvgIpc) is 3.16. The Bertz CT molecular complexity index is 696. The summed E-state index contributed by atoms with van der Waals surface area (Å²) in [5, 5.41) is 19.0. The van der Waals surface area contributed by atoms with E-state index in [1.807, 2.05) is 27.6 Å². The highest BCUT2D eigenvalue weighted by atomic mass is 32.1. The van der Waals surface area contributed by atoms with Gasteiger partial charge in [-0.3, -0.25) is 9.48 Å². The van der Waals surface area contributed by atoms with Gasteiger partial charge in [-0.25, -0.2) is 0 Å². The Balaban J connectivity index is 2.26. The van der Waals surface area contributed by atoms with Crippen molar-refractivity contribution in [3.63, 3.8) is 0 Å². The number of aliphatic hydroxyl groups is 1. The van der Waals surface area contributed by atoms with Gasteiger partial charge in [0, 0.05) is 6.20 Å². The standard InChI is InChI=1S/C18H25N3O2S/c1-6-16(22)20(13-18(5,23)14-8-10-24-12-14)11-15-7-9-19-21(15)17(2,3)4/h6-10,12,23H,1,11,13H2,2-5H3. The van der Waals surface area contributed by atoms with Crippen LogP contribution < -0.4 is 0 Å². The summed E-state index contributed by atoms with van der Waals surface area (Å²) in [6.45, 7) is 12.0. The Morgan fingerprint density at radius 2 is 2.12 bits per heavy atom. The highest BCUT2D eigenvalue weighted by Crippen LogP contribution is 2.25. The molecule has 0 spiro atoms. The molecule has 24 heavy (non-hydrogen) atoms. The molecule has 2 rings (SSSR count). The van der Waals surface area contributed by atoms with Gasteiger partial charge < -0.3 is 10.0 Å². The van der Waals surface area contributed by atoms with E-state index in [9.17, 15) is 9.90 Å². The van der Waals surface area contributed by atoms with Gasteiger partial charge in [-0.05, 0) is 62.2 Å². The number of nitrogens with zero attached hydrogens (tertiary/aromatic N) is 3. The molecule has 0 bridgehead atoms. The summed E-state index contributed by atoms with van der Waals surface area (Å²) < 4.78 is 1.90. The lowest BCUT2D eigenvalue weighted by molar-refractivity contribution is -0.130. The van der Waals surface area contributed by atoms with Gasteiger partial charge in [0.25, 0.3) is 0 Å². The fourth-order valence-corrected chi connectivity index (χ4v) is 3.41. The van der Waals surface area contributed by atoms with Crippen molar-refractivity contribution in [3.05, 3.63) is 53.0 Å². The lowest BCUT2D eigenvalue weighted by Gasteiger charge is -2.32. The fourth-order valence-electron chi connectivity index (χ4n) is 2.62. The average molecular weight is 347 g/mol. The minimum atomic E-state index is -1.12. The highest BCUT2D eigenvalue weighted by Gasteiger charge is 2.29. The zero-order chi connectivity index (χ0) is 18.0. The van der Waals surface area contributed by atoms with Gasteiger partial charge in [0.2, 0.25) is 5.91 Å². The van der Waals surface area contributed by atoms with E-state index in [1.54, 1.807) is 18.0 Å². The Hall–Kier alpha value is -1.92. The van der Waals surface area contributed by atoms with Gasteiger partial charge in [0.15, 0.2) is 0 Å². The second-order valence-electron chi connectivity index (χ2n) is 7.09. The number of hydrogen-bond donors (Lipinski definition) is 1. The van der Waals surface area contributed by atoms with E-state index in [1.165, 1.54) is 17.4 Å². The van der Waals surface area contributed by atoms with Crippen LogP contribution in [0.25, 0.3) is 0 Å². The smallest absolute Gasteiger partial charge is 0.246 e. The molecule has 1 amide bonds. The van der Waals surface area contributed by atoms with E-state index in [4.69, 9.17) is 0 Å². The Morgan fingerprint density at radius 1 is 1.42 bits per heavy atom. The molecule has 2 aromatic heterocycles. The summed E-state index contributed by atoms with van der Waals surface area (Å²) in [5.74, 6) is -0.216. The number of aromatic nitrogens is 2. The minimum absolute atomic E-state index is 0.183. The first-order valence-corrected chi connectivity index (χ1v) is 8.79. The molecule has 1 N–H and O–H groups in total. The molecule has 1 unspecified atom stereocenters. The van der Waals surface area contributed by atoms with Crippen molar-refractivity contribution in [1.29, 1.82) is 0 Å². The van der Waals surface area contributed by atoms with Crippen molar-refractivity contribution >= 4 is 17.2 Å². The third-order valence-electron chi connectivity index (χ3n) is 3.84. The third-order valence-corrected chi connectivity index (χ3v) is 4.52. The maximum absolute atomic E-state index is 12.3. The number of thiophene rings is 1. The van der Waals surface area contributed by atoms with Gasteiger partial charge >= 0.3 is 0 Å². The van der Waals surface area contributed by atoms with E-state index in [0.717, 1.165) is 11.3 Å². The van der Waals surface area contributed by atoms with Crippen LogP contribution in [-0.2, 0) is 22.5 Å². The zero-order valence-corrected chi connectivity index (χ0v) is 15.5.